The maximum absolute atomic E-state index is 12.0. The molecule has 0 spiro atoms. The highest BCUT2D eigenvalue weighted by atomic mass is 79.9. The number of amides is 1. The molecule has 94 valence electrons. The van der Waals surface area contributed by atoms with Crippen LogP contribution in [0.4, 0.5) is 0 Å². The standard InChI is InChI=1S/C12H8Br2ClNOS/c13-7-3-9(18-6-7)5-16-12(17)10-4-8(15)1-2-11(10)14/h1-4,6H,5H2,(H,16,17). The molecule has 1 N–H and O–H groups in total. The first-order chi connectivity index (χ1) is 8.56. The number of hydrogen-bond acceptors (Lipinski definition) is 2. The Balaban J connectivity index is 2.05. The van der Waals surface area contributed by atoms with Gasteiger partial charge in [-0.2, -0.15) is 0 Å². The molecule has 0 radical (unpaired) electrons. The summed E-state index contributed by atoms with van der Waals surface area (Å²) in [6, 6.07) is 7.13. The molecule has 0 aliphatic carbocycles. The zero-order valence-corrected chi connectivity index (χ0v) is 13.8. The molecule has 2 rings (SSSR count). The van der Waals surface area contributed by atoms with Gasteiger partial charge in [0, 0.05) is 24.2 Å². The van der Waals surface area contributed by atoms with Crippen LogP contribution in [0, 0.1) is 0 Å². The highest BCUT2D eigenvalue weighted by Gasteiger charge is 2.10. The Hall–Kier alpha value is -0.360. The Morgan fingerprint density at radius 1 is 1.33 bits per heavy atom. The average Bonchev–Trinajstić information content (AvgIpc) is 2.75. The summed E-state index contributed by atoms with van der Waals surface area (Å²) in [5, 5.41) is 5.39. The molecule has 0 fully saturated rings. The summed E-state index contributed by atoms with van der Waals surface area (Å²) in [6.07, 6.45) is 0. The van der Waals surface area contributed by atoms with Gasteiger partial charge in [0.25, 0.3) is 5.91 Å². The summed E-state index contributed by atoms with van der Waals surface area (Å²) in [5.74, 6) is -0.145. The Morgan fingerprint density at radius 2 is 2.11 bits per heavy atom. The van der Waals surface area contributed by atoms with E-state index in [4.69, 9.17) is 11.6 Å². The predicted octanol–water partition coefficient (Wildman–Crippen LogP) is 4.86. The molecule has 18 heavy (non-hydrogen) atoms. The highest BCUT2D eigenvalue weighted by molar-refractivity contribution is 9.10. The van der Waals surface area contributed by atoms with E-state index in [1.54, 1.807) is 29.5 Å². The van der Waals surface area contributed by atoms with E-state index in [0.29, 0.717) is 17.1 Å². The number of benzene rings is 1. The van der Waals surface area contributed by atoms with Crippen LogP contribution in [0.3, 0.4) is 0 Å². The maximum Gasteiger partial charge on any atom is 0.252 e. The molecule has 0 aliphatic rings. The summed E-state index contributed by atoms with van der Waals surface area (Å²) in [6.45, 7) is 0.508. The van der Waals surface area contributed by atoms with Gasteiger partial charge in [0.1, 0.15) is 0 Å². The lowest BCUT2D eigenvalue weighted by Gasteiger charge is -2.06. The second-order valence-corrected chi connectivity index (χ2v) is 6.74. The van der Waals surface area contributed by atoms with Crippen molar-refractivity contribution in [1.29, 1.82) is 0 Å². The molecule has 0 saturated carbocycles. The first kappa shape index (κ1) is 14.1. The lowest BCUT2D eigenvalue weighted by molar-refractivity contribution is 0.0950. The van der Waals surface area contributed by atoms with E-state index in [9.17, 15) is 4.79 Å². The largest absolute Gasteiger partial charge is 0.347 e. The van der Waals surface area contributed by atoms with Crippen molar-refractivity contribution in [2.75, 3.05) is 0 Å². The van der Waals surface area contributed by atoms with Crippen LogP contribution in [0.25, 0.3) is 0 Å². The van der Waals surface area contributed by atoms with Crippen LogP contribution in [0.2, 0.25) is 5.02 Å². The number of thiophene rings is 1. The Bertz CT molecular complexity index is 585. The van der Waals surface area contributed by atoms with E-state index in [0.717, 1.165) is 13.8 Å². The van der Waals surface area contributed by atoms with Crippen molar-refractivity contribution in [1.82, 2.24) is 5.32 Å². The summed E-state index contributed by atoms with van der Waals surface area (Å²) < 4.78 is 1.76. The third-order valence-corrected chi connectivity index (χ3v) is 4.84. The van der Waals surface area contributed by atoms with Gasteiger partial charge < -0.3 is 5.32 Å². The summed E-state index contributed by atoms with van der Waals surface area (Å²) in [5.41, 5.74) is 0.540. The number of rotatable bonds is 3. The molecular formula is C12H8Br2ClNOS. The first-order valence-electron chi connectivity index (χ1n) is 5.02. The molecule has 1 aromatic carbocycles. The van der Waals surface area contributed by atoms with Crippen LogP contribution in [-0.2, 0) is 6.54 Å². The quantitative estimate of drug-likeness (QED) is 0.771. The lowest BCUT2D eigenvalue weighted by atomic mass is 10.2. The number of carbonyl (C=O) groups excluding carboxylic acids is 1. The molecular weight excluding hydrogens is 401 g/mol. The SMILES string of the molecule is O=C(NCc1cc(Br)cs1)c1cc(Cl)ccc1Br. The van der Waals surface area contributed by atoms with Crippen molar-refractivity contribution >= 4 is 60.7 Å². The van der Waals surface area contributed by atoms with E-state index in [-0.39, 0.29) is 5.91 Å². The zero-order chi connectivity index (χ0) is 13.1. The molecule has 0 bridgehead atoms. The van der Waals surface area contributed by atoms with Crippen LogP contribution in [0.5, 0.6) is 0 Å². The van der Waals surface area contributed by atoms with Crippen molar-refractivity contribution < 1.29 is 4.79 Å². The van der Waals surface area contributed by atoms with Crippen molar-refractivity contribution in [3.63, 3.8) is 0 Å². The second-order valence-electron chi connectivity index (χ2n) is 3.54. The summed E-state index contributed by atoms with van der Waals surface area (Å²) in [7, 11) is 0. The van der Waals surface area contributed by atoms with E-state index < -0.39 is 0 Å². The lowest BCUT2D eigenvalue weighted by Crippen LogP contribution is -2.22. The van der Waals surface area contributed by atoms with E-state index >= 15 is 0 Å². The van der Waals surface area contributed by atoms with Crippen LogP contribution in [0.1, 0.15) is 15.2 Å². The third kappa shape index (κ3) is 3.57. The molecule has 1 aromatic heterocycles. The normalized spacial score (nSPS) is 10.4. The van der Waals surface area contributed by atoms with Crippen molar-refractivity contribution in [3.05, 3.63) is 54.1 Å². The minimum atomic E-state index is -0.145. The minimum absolute atomic E-state index is 0.145. The molecule has 6 heteroatoms. The van der Waals surface area contributed by atoms with Crippen LogP contribution in [-0.4, -0.2) is 5.91 Å². The topological polar surface area (TPSA) is 29.1 Å². The molecule has 0 saturated heterocycles. The average molecular weight is 410 g/mol. The van der Waals surface area contributed by atoms with Crippen molar-refractivity contribution in [3.8, 4) is 0 Å². The van der Waals surface area contributed by atoms with Crippen molar-refractivity contribution in [2.45, 2.75) is 6.54 Å². The Labute approximate surface area is 131 Å². The number of nitrogens with one attached hydrogen (secondary N) is 1. The molecule has 1 heterocycles. The van der Waals surface area contributed by atoms with Crippen LogP contribution < -0.4 is 5.32 Å². The Morgan fingerprint density at radius 3 is 2.78 bits per heavy atom. The molecule has 0 aliphatic heterocycles. The van der Waals surface area contributed by atoms with Gasteiger partial charge in [0.05, 0.1) is 12.1 Å². The molecule has 2 nitrogen and oxygen atoms in total. The fraction of sp³-hybridized carbons (Fsp3) is 0.0833. The minimum Gasteiger partial charge on any atom is -0.347 e. The van der Waals surface area contributed by atoms with Gasteiger partial charge in [-0.1, -0.05) is 11.6 Å². The van der Waals surface area contributed by atoms with E-state index in [1.165, 1.54) is 0 Å². The highest BCUT2D eigenvalue weighted by Crippen LogP contribution is 2.22. The second kappa shape index (κ2) is 6.19. The molecule has 1 amide bonds. The van der Waals surface area contributed by atoms with Gasteiger partial charge in [-0.05, 0) is 56.1 Å². The van der Waals surface area contributed by atoms with Gasteiger partial charge in [0.2, 0.25) is 0 Å². The monoisotopic (exact) mass is 407 g/mol. The van der Waals surface area contributed by atoms with E-state index in [1.807, 2.05) is 11.4 Å². The number of halogens is 3. The number of hydrogen-bond donors (Lipinski definition) is 1. The van der Waals surface area contributed by atoms with Crippen LogP contribution >= 0.6 is 54.8 Å². The fourth-order valence-electron chi connectivity index (χ4n) is 1.38. The van der Waals surface area contributed by atoms with E-state index in [2.05, 4.69) is 37.2 Å². The predicted molar refractivity (Wildman–Crippen MR) is 82.3 cm³/mol. The molecule has 0 unspecified atom stereocenters. The first-order valence-corrected chi connectivity index (χ1v) is 7.87. The van der Waals surface area contributed by atoms with Gasteiger partial charge in [0.15, 0.2) is 0 Å². The number of carbonyl (C=O) groups is 1. The van der Waals surface area contributed by atoms with Gasteiger partial charge in [-0.3, -0.25) is 4.79 Å². The van der Waals surface area contributed by atoms with Gasteiger partial charge >= 0.3 is 0 Å². The van der Waals surface area contributed by atoms with Crippen LogP contribution in [0.15, 0.2) is 38.6 Å². The Kier molecular flexibility index (Phi) is 4.84. The molecule has 0 atom stereocenters. The fourth-order valence-corrected chi connectivity index (χ4v) is 3.37. The third-order valence-electron chi connectivity index (χ3n) is 2.22. The molecule has 2 aromatic rings. The smallest absolute Gasteiger partial charge is 0.252 e. The summed E-state index contributed by atoms with van der Waals surface area (Å²) >= 11 is 14.2. The van der Waals surface area contributed by atoms with Gasteiger partial charge in [-0.15, -0.1) is 11.3 Å². The maximum atomic E-state index is 12.0. The van der Waals surface area contributed by atoms with Gasteiger partial charge in [-0.25, -0.2) is 0 Å². The summed E-state index contributed by atoms with van der Waals surface area (Å²) in [4.78, 5) is 13.1. The van der Waals surface area contributed by atoms with Crippen molar-refractivity contribution in [2.24, 2.45) is 0 Å². The zero-order valence-electron chi connectivity index (χ0n) is 9.04.